The Morgan fingerprint density at radius 2 is 2.11 bits per heavy atom. The summed E-state index contributed by atoms with van der Waals surface area (Å²) in [5.41, 5.74) is 1.10. The molecule has 1 fully saturated rings. The van der Waals surface area contributed by atoms with Crippen LogP contribution < -0.4 is 10.6 Å². The van der Waals surface area contributed by atoms with E-state index in [1.807, 2.05) is 7.05 Å². The maximum absolute atomic E-state index is 9.88. The maximum Gasteiger partial charge on any atom is 0.134 e. The fourth-order valence-corrected chi connectivity index (χ4v) is 2.12. The number of nitrogens with zero attached hydrogens (tertiary/aromatic N) is 2. The Morgan fingerprint density at radius 1 is 1.39 bits per heavy atom. The van der Waals surface area contributed by atoms with Crippen LogP contribution >= 0.6 is 0 Å². The molecule has 1 aromatic heterocycles. The first kappa shape index (κ1) is 13.1. The molecular formula is C13H22N4O. The molecule has 18 heavy (non-hydrogen) atoms. The summed E-state index contributed by atoms with van der Waals surface area (Å²) in [6.45, 7) is 2.71. The molecule has 1 aliphatic rings. The molecule has 1 heterocycles. The van der Waals surface area contributed by atoms with Gasteiger partial charge in [-0.2, -0.15) is 0 Å². The molecule has 100 valence electrons. The van der Waals surface area contributed by atoms with Crippen LogP contribution in [0.4, 0.5) is 11.6 Å². The highest BCUT2D eigenvalue weighted by atomic mass is 16.3. The van der Waals surface area contributed by atoms with Gasteiger partial charge in [-0.25, -0.2) is 9.97 Å². The number of hydrogen-bond donors (Lipinski definition) is 3. The number of nitrogens with one attached hydrogen (secondary N) is 2. The molecule has 0 spiro atoms. The van der Waals surface area contributed by atoms with E-state index in [1.165, 1.54) is 0 Å². The molecule has 5 heteroatoms. The minimum absolute atomic E-state index is 0.257. The lowest BCUT2D eigenvalue weighted by Crippen LogP contribution is -2.22. The molecule has 5 nitrogen and oxygen atoms in total. The molecule has 1 aromatic rings. The van der Waals surface area contributed by atoms with Crippen molar-refractivity contribution in [2.24, 2.45) is 5.92 Å². The second-order valence-corrected chi connectivity index (χ2v) is 4.84. The van der Waals surface area contributed by atoms with Crippen molar-refractivity contribution < 1.29 is 5.11 Å². The molecule has 0 aliphatic heterocycles. The number of aliphatic hydroxyl groups excluding tert-OH is 1. The fraction of sp³-hybridized carbons (Fsp3) is 0.692. The number of hydrogen-bond acceptors (Lipinski definition) is 5. The SMILES string of the molecule is CCCc1c(NC)ncnc1NCC(O)C1CC1. The zero-order valence-corrected chi connectivity index (χ0v) is 11.1. The van der Waals surface area contributed by atoms with E-state index in [-0.39, 0.29) is 6.10 Å². The predicted octanol–water partition coefficient (Wildman–Crippen LogP) is 1.65. The van der Waals surface area contributed by atoms with Crippen molar-refractivity contribution in [1.29, 1.82) is 0 Å². The first-order valence-electron chi connectivity index (χ1n) is 6.69. The first-order valence-corrected chi connectivity index (χ1v) is 6.69. The van der Waals surface area contributed by atoms with Crippen LogP contribution in [-0.4, -0.2) is 34.8 Å². The Bertz CT molecular complexity index is 393. The zero-order valence-electron chi connectivity index (χ0n) is 11.1. The first-order chi connectivity index (χ1) is 8.76. The number of rotatable bonds is 7. The van der Waals surface area contributed by atoms with Gasteiger partial charge in [0.05, 0.1) is 6.10 Å². The number of anilines is 2. The molecule has 0 amide bonds. The largest absolute Gasteiger partial charge is 0.391 e. The van der Waals surface area contributed by atoms with Crippen LogP contribution in [-0.2, 0) is 6.42 Å². The Kier molecular flexibility index (Phi) is 4.36. The van der Waals surface area contributed by atoms with Crippen LogP contribution in [0.1, 0.15) is 31.7 Å². The van der Waals surface area contributed by atoms with Gasteiger partial charge in [-0.3, -0.25) is 0 Å². The lowest BCUT2D eigenvalue weighted by atomic mass is 10.1. The van der Waals surface area contributed by atoms with E-state index in [2.05, 4.69) is 27.5 Å². The average molecular weight is 250 g/mol. The normalized spacial score (nSPS) is 16.4. The van der Waals surface area contributed by atoms with Crippen molar-refractivity contribution in [2.75, 3.05) is 24.2 Å². The smallest absolute Gasteiger partial charge is 0.134 e. The molecule has 1 saturated carbocycles. The lowest BCUT2D eigenvalue weighted by Gasteiger charge is -2.15. The van der Waals surface area contributed by atoms with E-state index in [0.717, 1.165) is 42.9 Å². The lowest BCUT2D eigenvalue weighted by molar-refractivity contribution is 0.164. The summed E-state index contributed by atoms with van der Waals surface area (Å²) in [5, 5.41) is 16.2. The number of aromatic nitrogens is 2. The van der Waals surface area contributed by atoms with E-state index in [0.29, 0.717) is 12.5 Å². The van der Waals surface area contributed by atoms with Crippen LogP contribution in [0.25, 0.3) is 0 Å². The quantitative estimate of drug-likeness (QED) is 0.686. The van der Waals surface area contributed by atoms with Gasteiger partial charge in [0, 0.05) is 19.2 Å². The highest BCUT2D eigenvalue weighted by molar-refractivity contribution is 5.57. The molecule has 3 N–H and O–H groups in total. The molecule has 1 atom stereocenters. The maximum atomic E-state index is 9.88. The fourth-order valence-electron chi connectivity index (χ4n) is 2.12. The van der Waals surface area contributed by atoms with E-state index < -0.39 is 0 Å². The molecule has 1 aliphatic carbocycles. The average Bonchev–Trinajstić information content (AvgIpc) is 3.21. The number of aliphatic hydroxyl groups is 1. The third-order valence-corrected chi connectivity index (χ3v) is 3.33. The summed E-state index contributed by atoms with van der Waals surface area (Å²) in [6, 6.07) is 0. The van der Waals surface area contributed by atoms with Gasteiger partial charge in [-0.15, -0.1) is 0 Å². The van der Waals surface area contributed by atoms with Crippen LogP contribution in [0.2, 0.25) is 0 Å². The molecule has 0 aromatic carbocycles. The van der Waals surface area contributed by atoms with Crippen molar-refractivity contribution in [3.05, 3.63) is 11.9 Å². The summed E-state index contributed by atoms with van der Waals surface area (Å²) in [4.78, 5) is 8.51. The molecule has 0 bridgehead atoms. The van der Waals surface area contributed by atoms with Gasteiger partial charge in [0.25, 0.3) is 0 Å². The minimum Gasteiger partial charge on any atom is -0.391 e. The van der Waals surface area contributed by atoms with Crippen molar-refractivity contribution in [1.82, 2.24) is 9.97 Å². The standard InChI is InChI=1S/C13H22N4O/c1-3-4-10-12(14-2)16-8-17-13(10)15-7-11(18)9-5-6-9/h8-9,11,18H,3-7H2,1-2H3,(H2,14,15,16,17). The highest BCUT2D eigenvalue weighted by Gasteiger charge is 2.29. The summed E-state index contributed by atoms with van der Waals surface area (Å²) >= 11 is 0. The zero-order chi connectivity index (χ0) is 13.0. The Morgan fingerprint density at radius 3 is 2.72 bits per heavy atom. The highest BCUT2D eigenvalue weighted by Crippen LogP contribution is 2.32. The van der Waals surface area contributed by atoms with Crippen molar-refractivity contribution in [3.8, 4) is 0 Å². The topological polar surface area (TPSA) is 70.1 Å². The second-order valence-electron chi connectivity index (χ2n) is 4.84. The Labute approximate surface area is 108 Å². The van der Waals surface area contributed by atoms with Gasteiger partial charge >= 0.3 is 0 Å². The monoisotopic (exact) mass is 250 g/mol. The Hall–Kier alpha value is -1.36. The predicted molar refractivity (Wildman–Crippen MR) is 72.8 cm³/mol. The van der Waals surface area contributed by atoms with Gasteiger partial charge in [0.2, 0.25) is 0 Å². The van der Waals surface area contributed by atoms with Gasteiger partial charge in [0.15, 0.2) is 0 Å². The van der Waals surface area contributed by atoms with Crippen LogP contribution in [0.15, 0.2) is 6.33 Å². The minimum atomic E-state index is -0.257. The third-order valence-electron chi connectivity index (χ3n) is 3.33. The van der Waals surface area contributed by atoms with Crippen LogP contribution in [0.5, 0.6) is 0 Å². The molecule has 1 unspecified atom stereocenters. The van der Waals surface area contributed by atoms with Crippen LogP contribution in [0, 0.1) is 5.92 Å². The molecule has 2 rings (SSSR count). The molecular weight excluding hydrogens is 228 g/mol. The second kappa shape index (κ2) is 6.00. The summed E-state index contributed by atoms with van der Waals surface area (Å²) in [6.07, 6.45) is 5.57. The van der Waals surface area contributed by atoms with Gasteiger partial charge in [0.1, 0.15) is 18.0 Å². The van der Waals surface area contributed by atoms with Crippen molar-refractivity contribution in [2.45, 2.75) is 38.7 Å². The van der Waals surface area contributed by atoms with Crippen molar-refractivity contribution in [3.63, 3.8) is 0 Å². The third kappa shape index (κ3) is 3.10. The Balaban J connectivity index is 2.05. The molecule has 0 saturated heterocycles. The van der Waals surface area contributed by atoms with Crippen LogP contribution in [0.3, 0.4) is 0 Å². The van der Waals surface area contributed by atoms with E-state index in [9.17, 15) is 5.11 Å². The van der Waals surface area contributed by atoms with E-state index in [1.54, 1.807) is 6.33 Å². The molecule has 0 radical (unpaired) electrons. The summed E-state index contributed by atoms with van der Waals surface area (Å²) in [5.74, 6) is 2.20. The van der Waals surface area contributed by atoms with E-state index in [4.69, 9.17) is 0 Å². The van der Waals surface area contributed by atoms with E-state index >= 15 is 0 Å². The van der Waals surface area contributed by atoms with Crippen molar-refractivity contribution >= 4 is 11.6 Å². The van der Waals surface area contributed by atoms with Gasteiger partial charge < -0.3 is 15.7 Å². The summed E-state index contributed by atoms with van der Waals surface area (Å²) in [7, 11) is 1.87. The van der Waals surface area contributed by atoms with Gasteiger partial charge in [-0.05, 0) is 25.2 Å². The van der Waals surface area contributed by atoms with Gasteiger partial charge in [-0.1, -0.05) is 13.3 Å². The summed E-state index contributed by atoms with van der Waals surface area (Å²) < 4.78 is 0.